The summed E-state index contributed by atoms with van der Waals surface area (Å²) in [7, 11) is 0. The Bertz CT molecular complexity index is 629. The number of amides is 4. The van der Waals surface area contributed by atoms with Gasteiger partial charge in [0, 0.05) is 12.6 Å². The van der Waals surface area contributed by atoms with Crippen molar-refractivity contribution >= 4 is 17.8 Å². The highest BCUT2D eigenvalue weighted by molar-refractivity contribution is 6.09. The van der Waals surface area contributed by atoms with Crippen LogP contribution in [-0.2, 0) is 15.1 Å². The van der Waals surface area contributed by atoms with Crippen LogP contribution in [0.15, 0.2) is 24.3 Å². The minimum absolute atomic E-state index is 0.216. The largest absolute Gasteiger partial charge is 0.351 e. The molecule has 1 aliphatic heterocycles. The fourth-order valence-electron chi connectivity index (χ4n) is 2.45. The van der Waals surface area contributed by atoms with Crippen molar-refractivity contribution in [3.05, 3.63) is 35.4 Å². The molecule has 1 aromatic carbocycles. The van der Waals surface area contributed by atoms with Crippen LogP contribution in [0.5, 0.6) is 0 Å². The summed E-state index contributed by atoms with van der Waals surface area (Å²) in [6, 6.07) is 6.55. The van der Waals surface area contributed by atoms with Gasteiger partial charge in [-0.2, -0.15) is 0 Å². The molecular formula is C16H22N4O3. The molecule has 4 N–H and O–H groups in total. The standard InChI is InChI=1S/C16H22N4O3/c1-10-4-6-12(7-5-10)16(3)14(22)20(15(23)19-16)9-13(21)18-11(2)8-17/h4-7,11H,8-9,17H2,1-3H3,(H,18,21)(H,19,23)/t11-,16?/m0/s1. The number of carbonyl (C=O) groups excluding carboxylic acids is 3. The van der Waals surface area contributed by atoms with Gasteiger partial charge in [0.1, 0.15) is 12.1 Å². The van der Waals surface area contributed by atoms with Crippen molar-refractivity contribution in [1.29, 1.82) is 0 Å². The van der Waals surface area contributed by atoms with Crippen LogP contribution in [0.1, 0.15) is 25.0 Å². The Kier molecular flexibility index (Phi) is 4.70. The highest BCUT2D eigenvalue weighted by atomic mass is 16.2. The van der Waals surface area contributed by atoms with Crippen LogP contribution in [0.4, 0.5) is 4.79 Å². The number of nitrogens with two attached hydrogens (primary N) is 1. The second-order valence-electron chi connectivity index (χ2n) is 6.02. The van der Waals surface area contributed by atoms with Gasteiger partial charge in [-0.25, -0.2) is 4.79 Å². The molecular weight excluding hydrogens is 296 g/mol. The van der Waals surface area contributed by atoms with Crippen molar-refractivity contribution in [2.45, 2.75) is 32.4 Å². The maximum atomic E-state index is 12.7. The minimum atomic E-state index is -1.16. The van der Waals surface area contributed by atoms with Crippen molar-refractivity contribution in [1.82, 2.24) is 15.5 Å². The van der Waals surface area contributed by atoms with Gasteiger partial charge in [-0.05, 0) is 26.3 Å². The molecule has 7 heteroatoms. The average Bonchev–Trinajstić information content (AvgIpc) is 2.72. The predicted molar refractivity (Wildman–Crippen MR) is 85.4 cm³/mol. The van der Waals surface area contributed by atoms with Gasteiger partial charge in [-0.15, -0.1) is 0 Å². The predicted octanol–water partition coefficient (Wildman–Crippen LogP) is 0.225. The molecule has 1 unspecified atom stereocenters. The van der Waals surface area contributed by atoms with Gasteiger partial charge in [-0.1, -0.05) is 29.8 Å². The zero-order valence-electron chi connectivity index (χ0n) is 13.6. The third-order valence-electron chi connectivity index (χ3n) is 3.97. The molecule has 0 saturated carbocycles. The lowest BCUT2D eigenvalue weighted by molar-refractivity contribution is -0.135. The molecule has 1 saturated heterocycles. The molecule has 2 rings (SSSR count). The number of rotatable bonds is 5. The smallest absolute Gasteiger partial charge is 0.325 e. The van der Waals surface area contributed by atoms with Gasteiger partial charge < -0.3 is 16.4 Å². The van der Waals surface area contributed by atoms with Crippen LogP contribution in [0.3, 0.4) is 0 Å². The van der Waals surface area contributed by atoms with E-state index < -0.39 is 23.4 Å². The zero-order chi connectivity index (χ0) is 17.2. The van der Waals surface area contributed by atoms with Crippen LogP contribution in [-0.4, -0.2) is 41.9 Å². The van der Waals surface area contributed by atoms with Gasteiger partial charge in [-0.3, -0.25) is 14.5 Å². The Balaban J connectivity index is 2.16. The molecule has 7 nitrogen and oxygen atoms in total. The van der Waals surface area contributed by atoms with Crippen molar-refractivity contribution in [2.24, 2.45) is 5.73 Å². The SMILES string of the molecule is Cc1ccc(C2(C)NC(=O)N(CC(=O)N[C@@H](C)CN)C2=O)cc1. The second kappa shape index (κ2) is 6.37. The molecule has 0 aliphatic carbocycles. The molecule has 1 heterocycles. The lowest BCUT2D eigenvalue weighted by Gasteiger charge is -2.22. The molecule has 0 aromatic heterocycles. The van der Waals surface area contributed by atoms with Gasteiger partial charge in [0.25, 0.3) is 5.91 Å². The lowest BCUT2D eigenvalue weighted by atomic mass is 9.91. The Labute approximate surface area is 135 Å². The molecule has 0 radical (unpaired) electrons. The number of hydrogen-bond donors (Lipinski definition) is 3. The molecule has 1 aliphatic rings. The quantitative estimate of drug-likeness (QED) is 0.676. The molecule has 4 amide bonds. The summed E-state index contributed by atoms with van der Waals surface area (Å²) < 4.78 is 0. The number of hydrogen-bond acceptors (Lipinski definition) is 4. The fourth-order valence-corrected chi connectivity index (χ4v) is 2.45. The Morgan fingerprint density at radius 3 is 2.52 bits per heavy atom. The van der Waals surface area contributed by atoms with E-state index >= 15 is 0 Å². The molecule has 124 valence electrons. The zero-order valence-corrected chi connectivity index (χ0v) is 13.6. The van der Waals surface area contributed by atoms with E-state index in [1.807, 2.05) is 19.1 Å². The van der Waals surface area contributed by atoms with E-state index in [-0.39, 0.29) is 19.1 Å². The average molecular weight is 318 g/mol. The molecule has 23 heavy (non-hydrogen) atoms. The highest BCUT2D eigenvalue weighted by Gasteiger charge is 2.49. The highest BCUT2D eigenvalue weighted by Crippen LogP contribution is 2.28. The number of aryl methyl sites for hydroxylation is 1. The Hall–Kier alpha value is -2.41. The first-order chi connectivity index (χ1) is 10.8. The number of carbonyl (C=O) groups is 3. The summed E-state index contributed by atoms with van der Waals surface area (Å²) in [5.74, 6) is -0.860. The van der Waals surface area contributed by atoms with Crippen LogP contribution in [0.2, 0.25) is 0 Å². The van der Waals surface area contributed by atoms with E-state index in [9.17, 15) is 14.4 Å². The van der Waals surface area contributed by atoms with Gasteiger partial charge in [0.2, 0.25) is 5.91 Å². The van der Waals surface area contributed by atoms with Crippen molar-refractivity contribution in [3.8, 4) is 0 Å². The monoisotopic (exact) mass is 318 g/mol. The summed E-state index contributed by atoms with van der Waals surface area (Å²) in [6.45, 7) is 5.29. The molecule has 1 fully saturated rings. The molecule has 0 bridgehead atoms. The van der Waals surface area contributed by atoms with E-state index in [1.165, 1.54) is 0 Å². The summed E-state index contributed by atoms with van der Waals surface area (Å²) in [5.41, 5.74) is 6.01. The third-order valence-corrected chi connectivity index (χ3v) is 3.97. The van der Waals surface area contributed by atoms with Crippen LogP contribution >= 0.6 is 0 Å². The summed E-state index contributed by atoms with van der Waals surface area (Å²) >= 11 is 0. The molecule has 1 aromatic rings. The number of imide groups is 1. The second-order valence-corrected chi connectivity index (χ2v) is 6.02. The number of urea groups is 1. The number of nitrogens with one attached hydrogen (secondary N) is 2. The van der Waals surface area contributed by atoms with E-state index in [4.69, 9.17) is 5.73 Å². The summed E-state index contributed by atoms with van der Waals surface area (Å²) in [6.07, 6.45) is 0. The number of benzene rings is 1. The first kappa shape index (κ1) is 17.0. The van der Waals surface area contributed by atoms with Crippen molar-refractivity contribution < 1.29 is 14.4 Å². The minimum Gasteiger partial charge on any atom is -0.351 e. The molecule has 0 spiro atoms. The van der Waals surface area contributed by atoms with Crippen LogP contribution < -0.4 is 16.4 Å². The topological polar surface area (TPSA) is 105 Å². The Morgan fingerprint density at radius 2 is 1.96 bits per heavy atom. The fraction of sp³-hybridized carbons (Fsp3) is 0.438. The van der Waals surface area contributed by atoms with Crippen molar-refractivity contribution in [3.63, 3.8) is 0 Å². The van der Waals surface area contributed by atoms with Crippen LogP contribution in [0.25, 0.3) is 0 Å². The summed E-state index contributed by atoms with van der Waals surface area (Å²) in [4.78, 5) is 37.6. The van der Waals surface area contributed by atoms with Gasteiger partial charge in [0.15, 0.2) is 0 Å². The van der Waals surface area contributed by atoms with Crippen LogP contribution in [0, 0.1) is 6.92 Å². The van der Waals surface area contributed by atoms with Crippen molar-refractivity contribution in [2.75, 3.05) is 13.1 Å². The van der Waals surface area contributed by atoms with E-state index in [2.05, 4.69) is 10.6 Å². The van der Waals surface area contributed by atoms with E-state index in [0.717, 1.165) is 10.5 Å². The summed E-state index contributed by atoms with van der Waals surface area (Å²) in [5, 5.41) is 5.31. The normalized spacial score (nSPS) is 22.0. The van der Waals surface area contributed by atoms with Gasteiger partial charge in [0.05, 0.1) is 0 Å². The maximum absolute atomic E-state index is 12.7. The lowest BCUT2D eigenvalue weighted by Crippen LogP contribution is -2.46. The first-order valence-corrected chi connectivity index (χ1v) is 7.48. The maximum Gasteiger partial charge on any atom is 0.325 e. The van der Waals surface area contributed by atoms with E-state index in [1.54, 1.807) is 26.0 Å². The Morgan fingerprint density at radius 1 is 1.35 bits per heavy atom. The first-order valence-electron chi connectivity index (χ1n) is 7.48. The molecule has 2 atom stereocenters. The third kappa shape index (κ3) is 3.34. The number of nitrogens with zero attached hydrogens (tertiary/aromatic N) is 1. The van der Waals surface area contributed by atoms with E-state index in [0.29, 0.717) is 5.56 Å². The van der Waals surface area contributed by atoms with Gasteiger partial charge >= 0.3 is 6.03 Å².